The van der Waals surface area contributed by atoms with Gasteiger partial charge in [-0.3, -0.25) is 4.79 Å². The summed E-state index contributed by atoms with van der Waals surface area (Å²) in [5.41, 5.74) is 5.45. The van der Waals surface area contributed by atoms with Gasteiger partial charge in [0.25, 0.3) is 6.02 Å². The maximum absolute atomic E-state index is 12.6. The third-order valence-electron chi connectivity index (χ3n) is 7.29. The number of hydrogen-bond donors (Lipinski definition) is 1. The van der Waals surface area contributed by atoms with Gasteiger partial charge in [-0.1, -0.05) is 72.8 Å². The molecule has 8 heteroatoms. The normalized spacial score (nSPS) is 11.4. The van der Waals surface area contributed by atoms with Gasteiger partial charge in [0.05, 0.1) is 25.0 Å². The topological polar surface area (TPSA) is 89.5 Å². The number of nitrogens with one attached hydrogen (secondary N) is 1. The van der Waals surface area contributed by atoms with Gasteiger partial charge in [-0.25, -0.2) is 4.79 Å². The third kappa shape index (κ3) is 8.98. The Balaban J connectivity index is 1.40. The number of allylic oxidation sites excluding steroid dienone is 1. The maximum atomic E-state index is 12.6. The average molecular weight is 640 g/mol. The lowest BCUT2D eigenvalue weighted by atomic mass is 10.1. The summed E-state index contributed by atoms with van der Waals surface area (Å²) in [6.07, 6.45) is 2.92. The van der Waals surface area contributed by atoms with E-state index in [0.717, 1.165) is 33.9 Å². The Morgan fingerprint density at radius 1 is 0.771 bits per heavy atom. The average Bonchev–Trinajstić information content (AvgIpc) is 3.13. The number of nitrogens with zero attached hydrogens (tertiary/aromatic N) is 2. The molecule has 5 aromatic carbocycles. The Bertz CT molecular complexity index is 1800. The molecule has 0 aliphatic heterocycles. The fraction of sp³-hybridized carbons (Fsp3) is 0.125. The number of rotatable bonds is 13. The standard InChI is InChI=1S/C40H37N3O5/c1-3-47-39(45)37-16-10-11-17-38(37)42-40(41-27-26-30-20-24-35(46-2)25-21-30)48-36(29-44)28-31-18-22-34(23-19-31)43(32-12-6-4-7-13-32)33-14-8-5-9-15-33/h4-25,28-29H,3,26-27H2,1-2H3,(H,41,42)/b36-28+. The first-order valence-corrected chi connectivity index (χ1v) is 15.6. The smallest absolute Gasteiger partial charge is 0.340 e. The van der Waals surface area contributed by atoms with E-state index in [1.54, 1.807) is 44.4 Å². The number of amidine groups is 1. The van der Waals surface area contributed by atoms with E-state index in [1.165, 1.54) is 0 Å². The summed E-state index contributed by atoms with van der Waals surface area (Å²) in [5, 5.41) is 3.19. The van der Waals surface area contributed by atoms with Crippen LogP contribution < -0.4 is 15.0 Å². The van der Waals surface area contributed by atoms with Gasteiger partial charge in [0.15, 0.2) is 12.0 Å². The van der Waals surface area contributed by atoms with Crippen LogP contribution in [0.4, 0.5) is 22.7 Å². The Hall–Kier alpha value is -6.15. The highest BCUT2D eigenvalue weighted by Crippen LogP contribution is 2.34. The van der Waals surface area contributed by atoms with Gasteiger partial charge in [0.1, 0.15) is 5.75 Å². The highest BCUT2D eigenvalue weighted by molar-refractivity contribution is 5.96. The van der Waals surface area contributed by atoms with Gasteiger partial charge in [-0.05, 0) is 91.2 Å². The van der Waals surface area contributed by atoms with Crippen LogP contribution >= 0.6 is 0 Å². The predicted octanol–water partition coefficient (Wildman–Crippen LogP) is 8.42. The van der Waals surface area contributed by atoms with Crippen molar-refractivity contribution in [2.24, 2.45) is 4.99 Å². The molecule has 0 saturated heterocycles. The fourth-order valence-electron chi connectivity index (χ4n) is 4.95. The molecule has 8 nitrogen and oxygen atoms in total. The fourth-order valence-corrected chi connectivity index (χ4v) is 4.95. The molecule has 0 bridgehead atoms. The second kappa shape index (κ2) is 17.0. The first-order chi connectivity index (χ1) is 23.6. The third-order valence-corrected chi connectivity index (χ3v) is 7.29. The van der Waals surface area contributed by atoms with Crippen LogP contribution in [0.1, 0.15) is 28.4 Å². The Labute approximate surface area is 280 Å². The van der Waals surface area contributed by atoms with Crippen molar-refractivity contribution in [3.05, 3.63) is 156 Å². The molecule has 242 valence electrons. The van der Waals surface area contributed by atoms with Crippen LogP contribution in [0.5, 0.6) is 5.75 Å². The molecule has 0 atom stereocenters. The molecule has 0 heterocycles. The molecule has 1 N–H and O–H groups in total. The predicted molar refractivity (Wildman–Crippen MR) is 190 cm³/mol. The molecule has 0 saturated carbocycles. The Kier molecular flexibility index (Phi) is 11.7. The molecule has 0 unspecified atom stereocenters. The van der Waals surface area contributed by atoms with Crippen molar-refractivity contribution in [2.75, 3.05) is 25.2 Å². The lowest BCUT2D eigenvalue weighted by Crippen LogP contribution is -2.28. The van der Waals surface area contributed by atoms with E-state index in [4.69, 9.17) is 14.2 Å². The number of carbonyl (C=O) groups excluding carboxylic acids is 2. The number of anilines is 3. The van der Waals surface area contributed by atoms with Crippen LogP contribution in [0.3, 0.4) is 0 Å². The molecule has 0 spiro atoms. The minimum absolute atomic E-state index is 0.0371. The number of aliphatic imine (C=N–C) groups is 1. The number of methoxy groups -OCH3 is 1. The lowest BCUT2D eigenvalue weighted by molar-refractivity contribution is -0.106. The number of aldehydes is 1. The van der Waals surface area contributed by atoms with Crippen molar-refractivity contribution in [3.63, 3.8) is 0 Å². The van der Waals surface area contributed by atoms with Crippen molar-refractivity contribution in [1.82, 2.24) is 5.32 Å². The van der Waals surface area contributed by atoms with E-state index in [1.807, 2.05) is 84.9 Å². The van der Waals surface area contributed by atoms with E-state index in [9.17, 15) is 9.59 Å². The number of carbonyl (C=O) groups is 2. The molecule has 48 heavy (non-hydrogen) atoms. The highest BCUT2D eigenvalue weighted by Gasteiger charge is 2.15. The summed E-state index contributed by atoms with van der Waals surface area (Å²) in [5.74, 6) is 0.310. The number of benzene rings is 5. The highest BCUT2D eigenvalue weighted by atomic mass is 16.5. The summed E-state index contributed by atoms with van der Waals surface area (Å²) >= 11 is 0. The molecule has 0 amide bonds. The van der Waals surface area contributed by atoms with Gasteiger partial charge < -0.3 is 24.4 Å². The summed E-state index contributed by atoms with van der Waals surface area (Å²) in [6.45, 7) is 2.42. The quantitative estimate of drug-likeness (QED) is 0.0346. The van der Waals surface area contributed by atoms with E-state index in [-0.39, 0.29) is 24.0 Å². The van der Waals surface area contributed by atoms with Crippen LogP contribution in [0.25, 0.3) is 6.08 Å². The van der Waals surface area contributed by atoms with Crippen molar-refractivity contribution in [2.45, 2.75) is 13.3 Å². The zero-order valence-corrected chi connectivity index (χ0v) is 26.9. The largest absolute Gasteiger partial charge is 0.497 e. The van der Waals surface area contributed by atoms with Crippen LogP contribution in [0.2, 0.25) is 0 Å². The van der Waals surface area contributed by atoms with Crippen molar-refractivity contribution in [3.8, 4) is 5.75 Å². The van der Waals surface area contributed by atoms with Crippen LogP contribution in [0, 0.1) is 0 Å². The molecule has 0 radical (unpaired) electrons. The SMILES string of the molecule is CCOC(=O)c1ccccc1/N=C(/NCCc1ccc(OC)cc1)O/C(C=O)=C/c1ccc(N(c2ccccc2)c2ccccc2)cc1. The molecule has 0 fully saturated rings. The lowest BCUT2D eigenvalue weighted by Gasteiger charge is -2.25. The first-order valence-electron chi connectivity index (χ1n) is 15.6. The van der Waals surface area contributed by atoms with Gasteiger partial charge >= 0.3 is 5.97 Å². The summed E-state index contributed by atoms with van der Waals surface area (Å²) < 4.78 is 16.5. The van der Waals surface area contributed by atoms with E-state index in [2.05, 4.69) is 39.5 Å². The number of ether oxygens (including phenoxy) is 3. The Morgan fingerprint density at radius 3 is 1.98 bits per heavy atom. The van der Waals surface area contributed by atoms with Gasteiger partial charge in [0, 0.05) is 23.6 Å². The van der Waals surface area contributed by atoms with Crippen LogP contribution in [-0.4, -0.2) is 38.5 Å². The molecular weight excluding hydrogens is 602 g/mol. The summed E-state index contributed by atoms with van der Waals surface area (Å²) in [4.78, 5) is 31.7. The second-order valence-electron chi connectivity index (χ2n) is 10.5. The molecule has 5 rings (SSSR count). The minimum atomic E-state index is -0.499. The van der Waals surface area contributed by atoms with E-state index in [0.29, 0.717) is 24.9 Å². The number of esters is 1. The van der Waals surface area contributed by atoms with Crippen molar-refractivity contribution < 1.29 is 23.8 Å². The molecule has 5 aromatic rings. The summed E-state index contributed by atoms with van der Waals surface area (Å²) in [6, 6.07) is 42.7. The van der Waals surface area contributed by atoms with Gasteiger partial charge in [-0.15, -0.1) is 0 Å². The number of para-hydroxylation sites is 3. The van der Waals surface area contributed by atoms with E-state index >= 15 is 0 Å². The van der Waals surface area contributed by atoms with Crippen LogP contribution in [-0.2, 0) is 20.7 Å². The zero-order chi connectivity index (χ0) is 33.6. The second-order valence-corrected chi connectivity index (χ2v) is 10.5. The maximum Gasteiger partial charge on any atom is 0.340 e. The number of hydrogen-bond acceptors (Lipinski definition) is 7. The molecular formula is C40H37N3O5. The molecule has 0 aromatic heterocycles. The summed E-state index contributed by atoms with van der Waals surface area (Å²) in [7, 11) is 1.63. The van der Waals surface area contributed by atoms with Gasteiger partial charge in [0.2, 0.25) is 0 Å². The zero-order valence-electron chi connectivity index (χ0n) is 26.9. The van der Waals surface area contributed by atoms with Gasteiger partial charge in [-0.2, -0.15) is 4.99 Å². The Morgan fingerprint density at radius 2 is 1.38 bits per heavy atom. The van der Waals surface area contributed by atoms with Crippen LogP contribution in [0.15, 0.2) is 144 Å². The monoisotopic (exact) mass is 639 g/mol. The molecule has 0 aliphatic rings. The van der Waals surface area contributed by atoms with Crippen molar-refractivity contribution in [1.29, 1.82) is 0 Å². The van der Waals surface area contributed by atoms with E-state index < -0.39 is 5.97 Å². The van der Waals surface area contributed by atoms with Crippen molar-refractivity contribution >= 4 is 47.1 Å². The molecule has 0 aliphatic carbocycles. The minimum Gasteiger partial charge on any atom is -0.497 e. The first kappa shape index (κ1) is 33.2.